The Morgan fingerprint density at radius 3 is 2.23 bits per heavy atom. The normalized spacial score (nSPS) is 17.3. The SMILES string of the molecule is CNc1ccc(N2CCC(O)(Cc3ccccc3)CC2)cc1. The van der Waals surface area contributed by atoms with Gasteiger partial charge in [0.2, 0.25) is 0 Å². The fraction of sp³-hybridized carbons (Fsp3) is 0.368. The fourth-order valence-corrected chi connectivity index (χ4v) is 3.17. The van der Waals surface area contributed by atoms with Gasteiger partial charge in [0.05, 0.1) is 5.60 Å². The number of hydrogen-bond donors (Lipinski definition) is 2. The predicted molar refractivity (Wildman–Crippen MR) is 92.5 cm³/mol. The lowest BCUT2D eigenvalue weighted by Crippen LogP contribution is -2.45. The summed E-state index contributed by atoms with van der Waals surface area (Å²) in [5, 5.41) is 14.0. The zero-order valence-corrected chi connectivity index (χ0v) is 13.1. The molecule has 0 atom stereocenters. The highest BCUT2D eigenvalue weighted by Gasteiger charge is 2.32. The standard InChI is InChI=1S/C19H24N2O/c1-20-17-7-9-18(10-8-17)21-13-11-19(22,12-14-21)15-16-5-3-2-4-6-16/h2-10,20,22H,11-15H2,1H3. The molecule has 0 aromatic heterocycles. The van der Waals surface area contributed by atoms with E-state index in [1.807, 2.05) is 25.2 Å². The summed E-state index contributed by atoms with van der Waals surface area (Å²) in [6.45, 7) is 1.81. The molecule has 3 heteroatoms. The van der Waals surface area contributed by atoms with Gasteiger partial charge in [-0.3, -0.25) is 0 Å². The van der Waals surface area contributed by atoms with Gasteiger partial charge >= 0.3 is 0 Å². The molecule has 0 saturated carbocycles. The van der Waals surface area contributed by atoms with Crippen molar-refractivity contribution in [1.29, 1.82) is 0 Å². The molecule has 0 spiro atoms. The Hall–Kier alpha value is -2.00. The van der Waals surface area contributed by atoms with Crippen LogP contribution in [0.25, 0.3) is 0 Å². The maximum atomic E-state index is 10.8. The average Bonchev–Trinajstić information content (AvgIpc) is 2.56. The summed E-state index contributed by atoms with van der Waals surface area (Å²) in [5.74, 6) is 0. The van der Waals surface area contributed by atoms with E-state index in [0.29, 0.717) is 0 Å². The molecule has 0 aliphatic carbocycles. The van der Waals surface area contributed by atoms with Gasteiger partial charge in [-0.1, -0.05) is 30.3 Å². The minimum Gasteiger partial charge on any atom is -0.389 e. The van der Waals surface area contributed by atoms with Crippen LogP contribution in [0.4, 0.5) is 11.4 Å². The summed E-state index contributed by atoms with van der Waals surface area (Å²) in [6.07, 6.45) is 2.38. The molecule has 0 radical (unpaired) electrons. The van der Waals surface area contributed by atoms with E-state index in [0.717, 1.165) is 38.0 Å². The molecule has 3 rings (SSSR count). The van der Waals surface area contributed by atoms with Crippen molar-refractivity contribution in [2.45, 2.75) is 24.9 Å². The molecule has 1 saturated heterocycles. The topological polar surface area (TPSA) is 35.5 Å². The smallest absolute Gasteiger partial charge is 0.0721 e. The molecule has 0 unspecified atom stereocenters. The number of piperidine rings is 1. The number of anilines is 2. The van der Waals surface area contributed by atoms with Crippen LogP contribution in [-0.4, -0.2) is 30.8 Å². The fourth-order valence-electron chi connectivity index (χ4n) is 3.17. The highest BCUT2D eigenvalue weighted by Crippen LogP contribution is 2.29. The first-order valence-electron chi connectivity index (χ1n) is 7.98. The summed E-state index contributed by atoms with van der Waals surface area (Å²) in [4.78, 5) is 2.36. The third kappa shape index (κ3) is 3.42. The Labute approximate surface area is 132 Å². The van der Waals surface area contributed by atoms with Crippen LogP contribution in [0.15, 0.2) is 54.6 Å². The van der Waals surface area contributed by atoms with Crippen LogP contribution in [0.2, 0.25) is 0 Å². The van der Waals surface area contributed by atoms with Gasteiger partial charge in [0.1, 0.15) is 0 Å². The number of benzene rings is 2. The summed E-state index contributed by atoms with van der Waals surface area (Å²) < 4.78 is 0. The van der Waals surface area contributed by atoms with Gasteiger partial charge in [-0.15, -0.1) is 0 Å². The van der Waals surface area contributed by atoms with Gasteiger partial charge in [0, 0.05) is 37.9 Å². The minimum absolute atomic E-state index is 0.567. The van der Waals surface area contributed by atoms with Gasteiger partial charge in [-0.2, -0.15) is 0 Å². The largest absolute Gasteiger partial charge is 0.389 e. The minimum atomic E-state index is -0.567. The first-order chi connectivity index (χ1) is 10.7. The quantitative estimate of drug-likeness (QED) is 0.908. The second kappa shape index (κ2) is 6.41. The van der Waals surface area contributed by atoms with E-state index in [4.69, 9.17) is 0 Å². The molecule has 0 bridgehead atoms. The Morgan fingerprint density at radius 2 is 1.64 bits per heavy atom. The van der Waals surface area contributed by atoms with E-state index >= 15 is 0 Å². The van der Waals surface area contributed by atoms with Crippen LogP contribution in [0.1, 0.15) is 18.4 Å². The lowest BCUT2D eigenvalue weighted by atomic mass is 9.85. The lowest BCUT2D eigenvalue weighted by Gasteiger charge is -2.39. The molecule has 1 heterocycles. The monoisotopic (exact) mass is 296 g/mol. The number of aliphatic hydroxyl groups is 1. The van der Waals surface area contributed by atoms with E-state index in [2.05, 4.69) is 46.6 Å². The first kappa shape index (κ1) is 14.9. The molecule has 2 aromatic carbocycles. The number of nitrogens with one attached hydrogen (secondary N) is 1. The molecule has 2 N–H and O–H groups in total. The van der Waals surface area contributed by atoms with Crippen molar-refractivity contribution in [3.63, 3.8) is 0 Å². The second-order valence-corrected chi connectivity index (χ2v) is 6.17. The van der Waals surface area contributed by atoms with Crippen molar-refractivity contribution in [3.8, 4) is 0 Å². The molecule has 1 fully saturated rings. The van der Waals surface area contributed by atoms with Crippen molar-refractivity contribution in [2.24, 2.45) is 0 Å². The third-order valence-electron chi connectivity index (χ3n) is 4.59. The zero-order valence-electron chi connectivity index (χ0n) is 13.1. The Morgan fingerprint density at radius 1 is 1.00 bits per heavy atom. The summed E-state index contributed by atoms with van der Waals surface area (Å²) in [5.41, 5.74) is 3.02. The Kier molecular flexibility index (Phi) is 4.34. The van der Waals surface area contributed by atoms with Crippen LogP contribution < -0.4 is 10.2 Å². The lowest BCUT2D eigenvalue weighted by molar-refractivity contribution is 0.0165. The molecule has 116 valence electrons. The molecular formula is C19H24N2O. The summed E-state index contributed by atoms with van der Waals surface area (Å²) in [7, 11) is 1.93. The van der Waals surface area contributed by atoms with Gasteiger partial charge < -0.3 is 15.3 Å². The maximum absolute atomic E-state index is 10.8. The van der Waals surface area contributed by atoms with Crippen molar-refractivity contribution < 1.29 is 5.11 Å². The molecule has 3 nitrogen and oxygen atoms in total. The molecular weight excluding hydrogens is 272 g/mol. The highest BCUT2D eigenvalue weighted by atomic mass is 16.3. The van der Waals surface area contributed by atoms with Gasteiger partial charge in [-0.25, -0.2) is 0 Å². The van der Waals surface area contributed by atoms with Gasteiger partial charge in [-0.05, 0) is 42.7 Å². The molecule has 0 amide bonds. The van der Waals surface area contributed by atoms with E-state index in [9.17, 15) is 5.11 Å². The number of nitrogens with zero attached hydrogens (tertiary/aromatic N) is 1. The van der Waals surface area contributed by atoms with Crippen molar-refractivity contribution in [3.05, 3.63) is 60.2 Å². The number of rotatable bonds is 4. The average molecular weight is 296 g/mol. The molecule has 2 aromatic rings. The van der Waals surface area contributed by atoms with Crippen molar-refractivity contribution in [1.82, 2.24) is 0 Å². The second-order valence-electron chi connectivity index (χ2n) is 6.17. The maximum Gasteiger partial charge on any atom is 0.0721 e. The summed E-state index contributed by atoms with van der Waals surface area (Å²) >= 11 is 0. The van der Waals surface area contributed by atoms with E-state index in [1.54, 1.807) is 0 Å². The van der Waals surface area contributed by atoms with E-state index < -0.39 is 5.60 Å². The summed E-state index contributed by atoms with van der Waals surface area (Å²) in [6, 6.07) is 18.8. The highest BCUT2D eigenvalue weighted by molar-refractivity contribution is 5.55. The van der Waals surface area contributed by atoms with Gasteiger partial charge in [0.15, 0.2) is 0 Å². The molecule has 1 aliphatic heterocycles. The third-order valence-corrected chi connectivity index (χ3v) is 4.59. The number of hydrogen-bond acceptors (Lipinski definition) is 3. The van der Waals surface area contributed by atoms with E-state index in [1.165, 1.54) is 11.3 Å². The van der Waals surface area contributed by atoms with Gasteiger partial charge in [0.25, 0.3) is 0 Å². The first-order valence-corrected chi connectivity index (χ1v) is 7.98. The van der Waals surface area contributed by atoms with Crippen LogP contribution in [0.5, 0.6) is 0 Å². The van der Waals surface area contributed by atoms with Crippen molar-refractivity contribution in [2.75, 3.05) is 30.4 Å². The zero-order chi connectivity index (χ0) is 15.4. The van der Waals surface area contributed by atoms with Crippen LogP contribution in [0, 0.1) is 0 Å². The predicted octanol–water partition coefficient (Wildman–Crippen LogP) is 3.30. The van der Waals surface area contributed by atoms with Crippen LogP contribution >= 0.6 is 0 Å². The Balaban J connectivity index is 1.61. The molecule has 22 heavy (non-hydrogen) atoms. The van der Waals surface area contributed by atoms with E-state index in [-0.39, 0.29) is 0 Å². The molecule has 1 aliphatic rings. The van der Waals surface area contributed by atoms with Crippen molar-refractivity contribution >= 4 is 11.4 Å². The van der Waals surface area contributed by atoms with Crippen LogP contribution in [0.3, 0.4) is 0 Å². The Bertz CT molecular complexity index is 587. The van der Waals surface area contributed by atoms with Crippen LogP contribution in [-0.2, 0) is 6.42 Å².